The molecule has 3 aromatic rings. The second kappa shape index (κ2) is 12.4. The van der Waals surface area contributed by atoms with Gasteiger partial charge in [-0.1, -0.05) is 54.6 Å². The predicted octanol–water partition coefficient (Wildman–Crippen LogP) is 4.29. The summed E-state index contributed by atoms with van der Waals surface area (Å²) in [5.41, 5.74) is 4.50. The zero-order chi connectivity index (χ0) is 22.6. The lowest BCUT2D eigenvalue weighted by atomic mass is 10.1. The van der Waals surface area contributed by atoms with Gasteiger partial charge in [0.05, 0.1) is 27.4 Å². The Morgan fingerprint density at radius 2 is 1.47 bits per heavy atom. The van der Waals surface area contributed by atoms with E-state index in [9.17, 15) is 0 Å². The van der Waals surface area contributed by atoms with E-state index in [1.165, 1.54) is 5.56 Å². The predicted molar refractivity (Wildman–Crippen MR) is 128 cm³/mol. The molecule has 0 aliphatic heterocycles. The van der Waals surface area contributed by atoms with Crippen molar-refractivity contribution in [3.05, 3.63) is 95.1 Å². The zero-order valence-electron chi connectivity index (χ0n) is 18.9. The molecule has 6 heteroatoms. The molecule has 0 saturated carbocycles. The van der Waals surface area contributed by atoms with E-state index in [0.717, 1.165) is 28.2 Å². The monoisotopic (exact) mass is 433 g/mol. The second-order valence-corrected chi connectivity index (χ2v) is 7.26. The van der Waals surface area contributed by atoms with Crippen LogP contribution in [0.3, 0.4) is 0 Å². The SMILES string of the molecule is CN=C(NCc1cccc(COCc2ccccc2)c1)NCc1ccc(OC)cc1OC. The van der Waals surface area contributed by atoms with Gasteiger partial charge < -0.3 is 24.8 Å². The minimum absolute atomic E-state index is 0.576. The van der Waals surface area contributed by atoms with Crippen LogP contribution in [0.25, 0.3) is 0 Å². The van der Waals surface area contributed by atoms with Crippen molar-refractivity contribution in [2.75, 3.05) is 21.3 Å². The first kappa shape index (κ1) is 23.2. The summed E-state index contributed by atoms with van der Waals surface area (Å²) < 4.78 is 16.6. The van der Waals surface area contributed by atoms with Crippen LogP contribution in [0.4, 0.5) is 0 Å². The summed E-state index contributed by atoms with van der Waals surface area (Å²) in [7, 11) is 5.05. The van der Waals surface area contributed by atoms with Gasteiger partial charge in [0.15, 0.2) is 5.96 Å². The van der Waals surface area contributed by atoms with Gasteiger partial charge in [0, 0.05) is 31.8 Å². The standard InChI is InChI=1S/C26H31N3O3/c1-27-26(29-17-23-12-13-24(30-2)15-25(23)31-3)28-16-21-10-7-11-22(14-21)19-32-18-20-8-5-4-6-9-20/h4-15H,16-19H2,1-3H3,(H2,27,28,29). The Bertz CT molecular complexity index is 1010. The van der Waals surface area contributed by atoms with E-state index in [2.05, 4.69) is 52.0 Å². The molecule has 0 spiro atoms. The average molecular weight is 434 g/mol. The molecule has 0 aliphatic carbocycles. The van der Waals surface area contributed by atoms with Crippen LogP contribution in [0.2, 0.25) is 0 Å². The largest absolute Gasteiger partial charge is 0.497 e. The minimum Gasteiger partial charge on any atom is -0.497 e. The van der Waals surface area contributed by atoms with Gasteiger partial charge in [-0.25, -0.2) is 0 Å². The number of nitrogens with zero attached hydrogens (tertiary/aromatic N) is 1. The summed E-state index contributed by atoms with van der Waals surface area (Å²) in [6.45, 7) is 2.42. The Balaban J connectivity index is 1.49. The van der Waals surface area contributed by atoms with Gasteiger partial charge in [-0.2, -0.15) is 0 Å². The number of hydrogen-bond donors (Lipinski definition) is 2. The molecule has 168 valence electrons. The molecule has 3 rings (SSSR count). The maximum Gasteiger partial charge on any atom is 0.191 e. The highest BCUT2D eigenvalue weighted by molar-refractivity contribution is 5.79. The van der Waals surface area contributed by atoms with Crippen LogP contribution in [-0.2, 0) is 31.0 Å². The van der Waals surface area contributed by atoms with Crippen molar-refractivity contribution in [2.24, 2.45) is 4.99 Å². The molecule has 0 atom stereocenters. The summed E-state index contributed by atoms with van der Waals surface area (Å²) in [6, 6.07) is 24.3. The van der Waals surface area contributed by atoms with Crippen LogP contribution >= 0.6 is 0 Å². The molecular weight excluding hydrogens is 402 g/mol. The first-order valence-electron chi connectivity index (χ1n) is 10.6. The smallest absolute Gasteiger partial charge is 0.191 e. The number of aliphatic imine (C=N–C) groups is 1. The van der Waals surface area contributed by atoms with Gasteiger partial charge in [0.1, 0.15) is 11.5 Å². The molecule has 0 heterocycles. The number of hydrogen-bond acceptors (Lipinski definition) is 4. The van der Waals surface area contributed by atoms with Crippen molar-refractivity contribution in [3.63, 3.8) is 0 Å². The van der Waals surface area contributed by atoms with Crippen LogP contribution in [0.5, 0.6) is 11.5 Å². The van der Waals surface area contributed by atoms with Crippen LogP contribution in [0.15, 0.2) is 77.8 Å². The molecule has 32 heavy (non-hydrogen) atoms. The van der Waals surface area contributed by atoms with Crippen LogP contribution in [0, 0.1) is 0 Å². The number of guanidine groups is 1. The van der Waals surface area contributed by atoms with E-state index < -0.39 is 0 Å². The molecule has 0 saturated heterocycles. The fourth-order valence-corrected chi connectivity index (χ4v) is 3.27. The lowest BCUT2D eigenvalue weighted by Crippen LogP contribution is -2.36. The third kappa shape index (κ3) is 7.03. The van der Waals surface area contributed by atoms with Gasteiger partial charge in [-0.05, 0) is 28.8 Å². The highest BCUT2D eigenvalue weighted by Crippen LogP contribution is 2.24. The average Bonchev–Trinajstić information content (AvgIpc) is 2.85. The van der Waals surface area contributed by atoms with E-state index in [1.54, 1.807) is 21.3 Å². The maximum absolute atomic E-state index is 5.86. The number of nitrogens with one attached hydrogen (secondary N) is 2. The number of methoxy groups -OCH3 is 2. The normalized spacial score (nSPS) is 11.2. The molecule has 0 unspecified atom stereocenters. The van der Waals surface area contributed by atoms with Gasteiger partial charge in [0.2, 0.25) is 0 Å². The first-order valence-corrected chi connectivity index (χ1v) is 10.6. The molecule has 0 aliphatic rings. The molecule has 6 nitrogen and oxygen atoms in total. The maximum atomic E-state index is 5.86. The molecule has 2 N–H and O–H groups in total. The van der Waals surface area contributed by atoms with Crippen molar-refractivity contribution < 1.29 is 14.2 Å². The zero-order valence-corrected chi connectivity index (χ0v) is 18.9. The van der Waals surface area contributed by atoms with Crippen molar-refractivity contribution in [2.45, 2.75) is 26.3 Å². The van der Waals surface area contributed by atoms with Gasteiger partial charge in [-0.15, -0.1) is 0 Å². The molecule has 0 bridgehead atoms. The van der Waals surface area contributed by atoms with E-state index in [-0.39, 0.29) is 0 Å². The third-order valence-corrected chi connectivity index (χ3v) is 5.00. The number of ether oxygens (including phenoxy) is 3. The van der Waals surface area contributed by atoms with Crippen molar-refractivity contribution in [1.82, 2.24) is 10.6 Å². The van der Waals surface area contributed by atoms with Crippen molar-refractivity contribution in [3.8, 4) is 11.5 Å². The van der Waals surface area contributed by atoms with Crippen molar-refractivity contribution >= 4 is 5.96 Å². The lowest BCUT2D eigenvalue weighted by molar-refractivity contribution is 0.107. The van der Waals surface area contributed by atoms with Crippen LogP contribution in [0.1, 0.15) is 22.3 Å². The second-order valence-electron chi connectivity index (χ2n) is 7.26. The molecular formula is C26H31N3O3. The van der Waals surface area contributed by atoms with Gasteiger partial charge in [0.25, 0.3) is 0 Å². The molecule has 0 fully saturated rings. The third-order valence-electron chi connectivity index (χ3n) is 5.00. The molecule has 3 aromatic carbocycles. The van der Waals surface area contributed by atoms with Crippen LogP contribution < -0.4 is 20.1 Å². The summed E-state index contributed by atoms with van der Waals surface area (Å²) in [4.78, 5) is 4.32. The summed E-state index contributed by atoms with van der Waals surface area (Å²) in [5, 5.41) is 6.69. The minimum atomic E-state index is 0.576. The van der Waals surface area contributed by atoms with Crippen LogP contribution in [-0.4, -0.2) is 27.2 Å². The Hall–Kier alpha value is -3.51. The summed E-state index contributed by atoms with van der Waals surface area (Å²) >= 11 is 0. The molecule has 0 aromatic heterocycles. The topological polar surface area (TPSA) is 64.1 Å². The Morgan fingerprint density at radius 3 is 2.22 bits per heavy atom. The van der Waals surface area contributed by atoms with E-state index >= 15 is 0 Å². The lowest BCUT2D eigenvalue weighted by Gasteiger charge is -2.15. The fraction of sp³-hybridized carbons (Fsp3) is 0.269. The Kier molecular flexibility index (Phi) is 8.95. The van der Waals surface area contributed by atoms with Gasteiger partial charge in [-0.3, -0.25) is 4.99 Å². The molecule has 0 amide bonds. The van der Waals surface area contributed by atoms with Gasteiger partial charge >= 0.3 is 0 Å². The Morgan fingerprint density at radius 1 is 0.750 bits per heavy atom. The summed E-state index contributed by atoms with van der Waals surface area (Å²) in [5.74, 6) is 2.25. The van der Waals surface area contributed by atoms with E-state index in [0.29, 0.717) is 32.3 Å². The van der Waals surface area contributed by atoms with E-state index in [1.807, 2.05) is 36.4 Å². The number of benzene rings is 3. The first-order chi connectivity index (χ1) is 15.7. The Labute approximate surface area is 190 Å². The van der Waals surface area contributed by atoms with Crippen molar-refractivity contribution in [1.29, 1.82) is 0 Å². The molecule has 0 radical (unpaired) electrons. The highest BCUT2D eigenvalue weighted by atomic mass is 16.5. The quantitative estimate of drug-likeness (QED) is 0.369. The summed E-state index contributed by atoms with van der Waals surface area (Å²) in [6.07, 6.45) is 0. The van der Waals surface area contributed by atoms with E-state index in [4.69, 9.17) is 14.2 Å². The highest BCUT2D eigenvalue weighted by Gasteiger charge is 2.06. The number of rotatable bonds is 10. The fourth-order valence-electron chi connectivity index (χ4n) is 3.27.